The average molecular weight is 331 g/mol. The van der Waals surface area contributed by atoms with E-state index >= 15 is 0 Å². The topological polar surface area (TPSA) is 92.7 Å². The summed E-state index contributed by atoms with van der Waals surface area (Å²) in [7, 11) is -3.70. The number of hydrogen-bond acceptors (Lipinski definition) is 6. The first kappa shape index (κ1) is 17.7. The van der Waals surface area contributed by atoms with Gasteiger partial charge in [-0.05, 0) is 13.0 Å². The van der Waals surface area contributed by atoms with Crippen LogP contribution in [-0.2, 0) is 26.1 Å². The molecule has 0 amide bonds. The standard InChI is InChI=1S/C13H17NO5S2/c1-2-19-13(16)10-21(17,18)14-8-12-7-11(9-20-12)5-3-4-6-15/h7,9,14-15H,2,4,6,8,10H2,1H3. The van der Waals surface area contributed by atoms with Crippen LogP contribution in [0.5, 0.6) is 0 Å². The molecule has 0 aromatic carbocycles. The molecule has 1 rings (SSSR count). The molecule has 0 spiro atoms. The number of rotatable bonds is 7. The van der Waals surface area contributed by atoms with E-state index in [4.69, 9.17) is 5.11 Å². The zero-order chi connectivity index (χ0) is 15.7. The molecule has 1 aromatic rings. The van der Waals surface area contributed by atoms with Gasteiger partial charge in [0.25, 0.3) is 0 Å². The third-order valence-corrected chi connectivity index (χ3v) is 4.34. The Hall–Kier alpha value is -1.40. The van der Waals surface area contributed by atoms with Crippen molar-refractivity contribution in [2.75, 3.05) is 19.0 Å². The Kier molecular flexibility index (Phi) is 7.39. The van der Waals surface area contributed by atoms with Crippen molar-refractivity contribution in [1.29, 1.82) is 0 Å². The molecule has 0 bridgehead atoms. The van der Waals surface area contributed by atoms with Gasteiger partial charge < -0.3 is 9.84 Å². The number of ether oxygens (including phenoxy) is 1. The molecule has 116 valence electrons. The number of nitrogens with one attached hydrogen (secondary N) is 1. The second-order valence-electron chi connectivity index (χ2n) is 3.96. The highest BCUT2D eigenvalue weighted by molar-refractivity contribution is 7.90. The van der Waals surface area contributed by atoms with Crippen LogP contribution in [0.4, 0.5) is 0 Å². The molecule has 0 atom stereocenters. The summed E-state index contributed by atoms with van der Waals surface area (Å²) in [5.74, 6) is 4.19. The SMILES string of the molecule is CCOC(=O)CS(=O)(=O)NCc1cc(C#CCCO)cs1. The Morgan fingerprint density at radius 1 is 1.52 bits per heavy atom. The number of aliphatic hydroxyl groups excluding tert-OH is 1. The molecule has 0 aliphatic rings. The van der Waals surface area contributed by atoms with Gasteiger partial charge in [-0.2, -0.15) is 0 Å². The largest absolute Gasteiger partial charge is 0.465 e. The van der Waals surface area contributed by atoms with Crippen LogP contribution < -0.4 is 4.72 Å². The van der Waals surface area contributed by atoms with Crippen molar-refractivity contribution >= 4 is 27.3 Å². The fraction of sp³-hybridized carbons (Fsp3) is 0.462. The Bertz CT molecular complexity index is 624. The Balaban J connectivity index is 2.52. The van der Waals surface area contributed by atoms with Crippen LogP contribution in [0.15, 0.2) is 11.4 Å². The zero-order valence-corrected chi connectivity index (χ0v) is 13.2. The van der Waals surface area contributed by atoms with E-state index in [0.717, 1.165) is 10.4 Å². The predicted molar refractivity (Wildman–Crippen MR) is 80.2 cm³/mol. The lowest BCUT2D eigenvalue weighted by Crippen LogP contribution is -2.30. The molecule has 2 N–H and O–H groups in total. The van der Waals surface area contributed by atoms with Gasteiger partial charge in [-0.1, -0.05) is 11.8 Å². The van der Waals surface area contributed by atoms with Crippen LogP contribution in [0.25, 0.3) is 0 Å². The van der Waals surface area contributed by atoms with Gasteiger partial charge in [-0.15, -0.1) is 11.3 Å². The van der Waals surface area contributed by atoms with Crippen molar-refractivity contribution in [3.05, 3.63) is 21.9 Å². The maximum Gasteiger partial charge on any atom is 0.322 e. The maximum absolute atomic E-state index is 11.6. The highest BCUT2D eigenvalue weighted by Gasteiger charge is 2.17. The molecule has 0 aliphatic heterocycles. The van der Waals surface area contributed by atoms with E-state index in [9.17, 15) is 13.2 Å². The number of hydrogen-bond donors (Lipinski definition) is 2. The van der Waals surface area contributed by atoms with Gasteiger partial charge in [-0.3, -0.25) is 4.79 Å². The van der Waals surface area contributed by atoms with Crippen LogP contribution in [-0.4, -0.2) is 38.5 Å². The van der Waals surface area contributed by atoms with Gasteiger partial charge in [0, 0.05) is 28.8 Å². The quantitative estimate of drug-likeness (QED) is 0.559. The molecule has 0 aliphatic carbocycles. The Labute approximate surface area is 128 Å². The van der Waals surface area contributed by atoms with Crippen LogP contribution in [0.2, 0.25) is 0 Å². The van der Waals surface area contributed by atoms with Gasteiger partial charge in [0.1, 0.15) is 0 Å². The Morgan fingerprint density at radius 3 is 2.95 bits per heavy atom. The number of thiophene rings is 1. The second-order valence-corrected chi connectivity index (χ2v) is 6.76. The van der Waals surface area contributed by atoms with Crippen LogP contribution in [0.3, 0.4) is 0 Å². The molecule has 0 saturated heterocycles. The third-order valence-electron chi connectivity index (χ3n) is 2.20. The number of sulfonamides is 1. The van der Waals surface area contributed by atoms with Crippen molar-refractivity contribution in [3.63, 3.8) is 0 Å². The van der Waals surface area contributed by atoms with Gasteiger partial charge in [-0.25, -0.2) is 13.1 Å². The minimum Gasteiger partial charge on any atom is -0.465 e. The number of carbonyl (C=O) groups excluding carboxylic acids is 1. The highest BCUT2D eigenvalue weighted by atomic mass is 32.2. The van der Waals surface area contributed by atoms with E-state index in [-0.39, 0.29) is 19.8 Å². The molecule has 8 heteroatoms. The normalized spacial score (nSPS) is 10.8. The van der Waals surface area contributed by atoms with Crippen LogP contribution in [0, 0.1) is 11.8 Å². The number of carbonyl (C=O) groups is 1. The third kappa shape index (κ3) is 7.24. The van der Waals surface area contributed by atoms with Crippen LogP contribution in [0.1, 0.15) is 23.8 Å². The average Bonchev–Trinajstić information content (AvgIpc) is 2.84. The summed E-state index contributed by atoms with van der Waals surface area (Å²) in [6.45, 7) is 1.88. The summed E-state index contributed by atoms with van der Waals surface area (Å²) in [4.78, 5) is 11.9. The lowest BCUT2D eigenvalue weighted by molar-refractivity contribution is -0.139. The Morgan fingerprint density at radius 2 is 2.29 bits per heavy atom. The molecular weight excluding hydrogens is 314 g/mol. The fourth-order valence-electron chi connectivity index (χ4n) is 1.35. The van der Waals surface area contributed by atoms with Gasteiger partial charge in [0.05, 0.1) is 13.2 Å². The lowest BCUT2D eigenvalue weighted by Gasteiger charge is -2.04. The summed E-state index contributed by atoms with van der Waals surface area (Å²) in [6.07, 6.45) is 0.400. The van der Waals surface area contributed by atoms with E-state index < -0.39 is 21.7 Å². The summed E-state index contributed by atoms with van der Waals surface area (Å²) in [6, 6.07) is 1.77. The van der Waals surface area contributed by atoms with Crippen molar-refractivity contribution in [3.8, 4) is 11.8 Å². The minimum absolute atomic E-state index is 0.0116. The van der Waals surface area contributed by atoms with Crippen molar-refractivity contribution < 1.29 is 23.1 Å². The van der Waals surface area contributed by atoms with Gasteiger partial charge in [0.15, 0.2) is 5.75 Å². The van der Waals surface area contributed by atoms with E-state index in [0.29, 0.717) is 6.42 Å². The van der Waals surface area contributed by atoms with E-state index in [1.807, 2.05) is 0 Å². The first-order valence-corrected chi connectivity index (χ1v) is 8.80. The minimum atomic E-state index is -3.70. The zero-order valence-electron chi connectivity index (χ0n) is 11.6. The molecule has 0 fully saturated rings. The highest BCUT2D eigenvalue weighted by Crippen LogP contribution is 2.13. The summed E-state index contributed by atoms with van der Waals surface area (Å²) < 4.78 is 30.2. The second kappa shape index (κ2) is 8.79. The molecule has 6 nitrogen and oxygen atoms in total. The summed E-state index contributed by atoms with van der Waals surface area (Å²) in [5, 5.41) is 10.4. The van der Waals surface area contributed by atoms with Crippen molar-refractivity contribution in [2.24, 2.45) is 0 Å². The van der Waals surface area contributed by atoms with Gasteiger partial charge in [0.2, 0.25) is 10.0 Å². The van der Waals surface area contributed by atoms with Gasteiger partial charge >= 0.3 is 5.97 Å². The number of aliphatic hydroxyl groups is 1. The molecular formula is C13H17NO5S2. The lowest BCUT2D eigenvalue weighted by atomic mass is 10.3. The predicted octanol–water partition coefficient (Wildman–Crippen LogP) is 0.464. The molecule has 21 heavy (non-hydrogen) atoms. The van der Waals surface area contributed by atoms with Crippen molar-refractivity contribution in [2.45, 2.75) is 19.9 Å². The molecule has 0 saturated carbocycles. The maximum atomic E-state index is 11.6. The van der Waals surface area contributed by atoms with Crippen molar-refractivity contribution in [1.82, 2.24) is 4.72 Å². The molecule has 0 unspecified atom stereocenters. The van der Waals surface area contributed by atoms with E-state index in [1.54, 1.807) is 18.4 Å². The summed E-state index contributed by atoms with van der Waals surface area (Å²) >= 11 is 1.37. The van der Waals surface area contributed by atoms with Crippen LogP contribution >= 0.6 is 11.3 Å². The first-order chi connectivity index (χ1) is 9.96. The van der Waals surface area contributed by atoms with E-state index in [2.05, 4.69) is 21.3 Å². The molecule has 0 radical (unpaired) electrons. The molecule has 1 heterocycles. The van der Waals surface area contributed by atoms with E-state index in [1.165, 1.54) is 11.3 Å². The summed E-state index contributed by atoms with van der Waals surface area (Å²) in [5.41, 5.74) is 0.771. The smallest absolute Gasteiger partial charge is 0.322 e. The number of esters is 1. The first-order valence-electron chi connectivity index (χ1n) is 6.27. The monoisotopic (exact) mass is 331 g/mol. The fourth-order valence-corrected chi connectivity index (χ4v) is 3.07. The molecule has 1 aromatic heterocycles.